The van der Waals surface area contributed by atoms with Crippen molar-refractivity contribution in [3.63, 3.8) is 0 Å². The zero-order valence-electron chi connectivity index (χ0n) is 19.4. The van der Waals surface area contributed by atoms with E-state index in [1.165, 1.54) is 18.2 Å². The number of alkyl halides is 3. The Labute approximate surface area is 209 Å². The van der Waals surface area contributed by atoms with Gasteiger partial charge in [0.25, 0.3) is 11.8 Å². The van der Waals surface area contributed by atoms with Gasteiger partial charge in [0.2, 0.25) is 0 Å². The number of rotatable bonds is 5. The summed E-state index contributed by atoms with van der Waals surface area (Å²) >= 11 is 0. The smallest absolute Gasteiger partial charge is 0.405 e. The predicted molar refractivity (Wildman–Crippen MR) is 128 cm³/mol. The Hall–Kier alpha value is -4.41. The third-order valence-electron chi connectivity index (χ3n) is 6.36. The van der Waals surface area contributed by atoms with Crippen LogP contribution in [-0.4, -0.2) is 57.6 Å². The van der Waals surface area contributed by atoms with E-state index in [0.29, 0.717) is 36.1 Å². The molecule has 11 heteroatoms. The zero-order chi connectivity index (χ0) is 26.0. The van der Waals surface area contributed by atoms with Crippen molar-refractivity contribution in [1.82, 2.24) is 25.6 Å². The molecule has 4 aromatic rings. The van der Waals surface area contributed by atoms with Gasteiger partial charge in [0.15, 0.2) is 0 Å². The van der Waals surface area contributed by atoms with Crippen LogP contribution in [0.2, 0.25) is 0 Å². The molecule has 8 nitrogen and oxygen atoms in total. The maximum Gasteiger partial charge on any atom is 0.573 e. The maximum absolute atomic E-state index is 13.3. The number of hydrogen-bond acceptors (Lipinski definition) is 5. The molecule has 0 spiro atoms. The highest BCUT2D eigenvalue weighted by Crippen LogP contribution is 2.31. The van der Waals surface area contributed by atoms with Gasteiger partial charge >= 0.3 is 6.36 Å². The van der Waals surface area contributed by atoms with Crippen LogP contribution < -0.4 is 10.1 Å². The standard InChI is InChI=1S/C26H22F3N5O3/c27-26(28,29)37-23-9-5-4-8-18(23)24(35)30-20-12-13-34(15-19(20)16-6-2-1-3-7-16)25(36)17-10-11-21-22(14-17)32-33-31-21/h1-11,14,19-20H,12-13,15H2,(H,30,35)(H,31,32,33)/t19-,20-/m1/s1. The third-order valence-corrected chi connectivity index (χ3v) is 6.36. The van der Waals surface area contributed by atoms with Crippen molar-refractivity contribution in [3.8, 4) is 5.75 Å². The van der Waals surface area contributed by atoms with E-state index >= 15 is 0 Å². The van der Waals surface area contributed by atoms with E-state index in [-0.39, 0.29) is 17.4 Å². The van der Waals surface area contributed by atoms with Gasteiger partial charge in [-0.15, -0.1) is 13.2 Å². The number of carbonyl (C=O) groups excluding carboxylic acids is 2. The molecule has 2 atom stereocenters. The molecule has 37 heavy (non-hydrogen) atoms. The lowest BCUT2D eigenvalue weighted by atomic mass is 9.85. The Balaban J connectivity index is 1.37. The normalized spacial score (nSPS) is 18.0. The number of fused-ring (bicyclic) bond motifs is 1. The molecule has 3 aromatic carbocycles. The summed E-state index contributed by atoms with van der Waals surface area (Å²) in [5, 5.41) is 13.4. The Morgan fingerprint density at radius 1 is 0.973 bits per heavy atom. The number of nitrogens with zero attached hydrogens (tertiary/aromatic N) is 3. The average Bonchev–Trinajstić information content (AvgIpc) is 3.36. The van der Waals surface area contributed by atoms with Gasteiger partial charge in [-0.25, -0.2) is 0 Å². The number of aromatic amines is 1. The van der Waals surface area contributed by atoms with Gasteiger partial charge in [0.1, 0.15) is 16.8 Å². The second-order valence-electron chi connectivity index (χ2n) is 8.71. The van der Waals surface area contributed by atoms with E-state index in [1.54, 1.807) is 23.1 Å². The molecule has 190 valence electrons. The summed E-state index contributed by atoms with van der Waals surface area (Å²) in [5.41, 5.74) is 2.37. The molecule has 1 aliphatic rings. The van der Waals surface area contributed by atoms with E-state index in [2.05, 4.69) is 25.5 Å². The molecule has 1 aliphatic heterocycles. The van der Waals surface area contributed by atoms with Gasteiger partial charge < -0.3 is 15.0 Å². The first-order valence-corrected chi connectivity index (χ1v) is 11.6. The van der Waals surface area contributed by atoms with Crippen molar-refractivity contribution in [1.29, 1.82) is 0 Å². The molecule has 2 N–H and O–H groups in total. The highest BCUT2D eigenvalue weighted by molar-refractivity contribution is 5.98. The lowest BCUT2D eigenvalue weighted by molar-refractivity contribution is -0.274. The van der Waals surface area contributed by atoms with Crippen LogP contribution in [0.3, 0.4) is 0 Å². The predicted octanol–water partition coefficient (Wildman–Crippen LogP) is 4.28. The van der Waals surface area contributed by atoms with Gasteiger partial charge in [0.05, 0.1) is 5.56 Å². The highest BCUT2D eigenvalue weighted by Gasteiger charge is 2.36. The molecule has 1 saturated heterocycles. The van der Waals surface area contributed by atoms with Gasteiger partial charge in [-0.3, -0.25) is 9.59 Å². The van der Waals surface area contributed by atoms with Crippen molar-refractivity contribution >= 4 is 22.8 Å². The summed E-state index contributed by atoms with van der Waals surface area (Å²) in [5.74, 6) is -1.71. The number of hydrogen-bond donors (Lipinski definition) is 2. The second-order valence-corrected chi connectivity index (χ2v) is 8.71. The molecule has 2 amide bonds. The molecule has 0 radical (unpaired) electrons. The summed E-state index contributed by atoms with van der Waals surface area (Å²) in [7, 11) is 0. The van der Waals surface area contributed by atoms with Crippen molar-refractivity contribution < 1.29 is 27.5 Å². The van der Waals surface area contributed by atoms with Crippen LogP contribution in [-0.2, 0) is 0 Å². The van der Waals surface area contributed by atoms with E-state index in [4.69, 9.17) is 0 Å². The number of aromatic nitrogens is 3. The average molecular weight is 509 g/mol. The van der Waals surface area contributed by atoms with Crippen LogP contribution in [0.4, 0.5) is 13.2 Å². The summed E-state index contributed by atoms with van der Waals surface area (Å²) < 4.78 is 42.6. The van der Waals surface area contributed by atoms with E-state index in [1.807, 2.05) is 30.3 Å². The highest BCUT2D eigenvalue weighted by atomic mass is 19.4. The van der Waals surface area contributed by atoms with Crippen LogP contribution in [0.5, 0.6) is 5.75 Å². The van der Waals surface area contributed by atoms with Crippen LogP contribution in [0.1, 0.15) is 38.6 Å². The summed E-state index contributed by atoms with van der Waals surface area (Å²) in [6, 6.07) is 19.3. The number of nitrogens with one attached hydrogen (secondary N) is 2. The fourth-order valence-corrected chi connectivity index (χ4v) is 4.62. The summed E-state index contributed by atoms with van der Waals surface area (Å²) in [6.45, 7) is 0.663. The maximum atomic E-state index is 13.3. The topological polar surface area (TPSA) is 100 Å². The monoisotopic (exact) mass is 509 g/mol. The van der Waals surface area contributed by atoms with Crippen molar-refractivity contribution in [2.24, 2.45) is 0 Å². The molecule has 1 fully saturated rings. The molecule has 1 aromatic heterocycles. The molecule has 2 heterocycles. The second kappa shape index (κ2) is 9.92. The van der Waals surface area contributed by atoms with Gasteiger partial charge in [-0.05, 0) is 42.3 Å². The van der Waals surface area contributed by atoms with Crippen LogP contribution in [0.15, 0.2) is 72.8 Å². The number of H-pyrrole nitrogens is 1. The SMILES string of the molecule is O=C(N[C@@H]1CCN(C(=O)c2ccc3n[nH]nc3c2)C[C@@H]1c1ccccc1)c1ccccc1OC(F)(F)F. The van der Waals surface area contributed by atoms with E-state index in [0.717, 1.165) is 11.6 Å². The minimum Gasteiger partial charge on any atom is -0.405 e. The third kappa shape index (κ3) is 5.40. The number of para-hydroxylation sites is 1. The largest absolute Gasteiger partial charge is 0.573 e. The zero-order valence-corrected chi connectivity index (χ0v) is 19.4. The number of halogens is 3. The lowest BCUT2D eigenvalue weighted by Crippen LogP contribution is -2.51. The molecule has 5 rings (SSSR count). The molecule has 0 unspecified atom stereocenters. The fraction of sp³-hybridized carbons (Fsp3) is 0.231. The number of carbonyl (C=O) groups is 2. The molecule has 0 bridgehead atoms. The number of ether oxygens (including phenoxy) is 1. The summed E-state index contributed by atoms with van der Waals surface area (Å²) in [4.78, 5) is 28.1. The number of likely N-dealkylation sites (tertiary alicyclic amines) is 1. The van der Waals surface area contributed by atoms with E-state index in [9.17, 15) is 22.8 Å². The Kier molecular flexibility index (Phi) is 6.51. The minimum absolute atomic E-state index is 0.181. The molecular weight excluding hydrogens is 487 g/mol. The summed E-state index contributed by atoms with van der Waals surface area (Å²) in [6.07, 6.45) is -4.52. The first-order valence-electron chi connectivity index (χ1n) is 11.6. The first kappa shape index (κ1) is 24.3. The molecule has 0 aliphatic carbocycles. The first-order chi connectivity index (χ1) is 17.8. The Bertz CT molecular complexity index is 1420. The fourth-order valence-electron chi connectivity index (χ4n) is 4.62. The van der Waals surface area contributed by atoms with Crippen molar-refractivity contribution in [2.45, 2.75) is 24.7 Å². The van der Waals surface area contributed by atoms with Crippen molar-refractivity contribution in [2.75, 3.05) is 13.1 Å². The Morgan fingerprint density at radius 3 is 2.49 bits per heavy atom. The van der Waals surface area contributed by atoms with E-state index < -0.39 is 24.1 Å². The van der Waals surface area contributed by atoms with Crippen molar-refractivity contribution in [3.05, 3.63) is 89.5 Å². The molecular formula is C26H22F3N5O3. The quantitative estimate of drug-likeness (QED) is 0.418. The van der Waals surface area contributed by atoms with Crippen LogP contribution >= 0.6 is 0 Å². The van der Waals surface area contributed by atoms with Crippen LogP contribution in [0, 0.1) is 0 Å². The van der Waals surface area contributed by atoms with Crippen LogP contribution in [0.25, 0.3) is 11.0 Å². The van der Waals surface area contributed by atoms with Gasteiger partial charge in [-0.2, -0.15) is 15.4 Å². The molecule has 0 saturated carbocycles. The Morgan fingerprint density at radius 2 is 1.70 bits per heavy atom. The number of piperidine rings is 1. The minimum atomic E-state index is -4.93. The van der Waals surface area contributed by atoms with Gasteiger partial charge in [-0.1, -0.05) is 42.5 Å². The number of amides is 2. The van der Waals surface area contributed by atoms with Gasteiger partial charge in [0, 0.05) is 30.6 Å². The number of benzene rings is 3. The lowest BCUT2D eigenvalue weighted by Gasteiger charge is -2.39.